The molecular weight excluding hydrogens is 278 g/mol. The molecule has 0 aromatic heterocycles. The second-order valence-electron chi connectivity index (χ2n) is 4.85. The van der Waals surface area contributed by atoms with Crippen molar-refractivity contribution in [2.45, 2.75) is 12.8 Å². The van der Waals surface area contributed by atoms with E-state index in [1.54, 1.807) is 18.2 Å². The van der Waals surface area contributed by atoms with Crippen molar-refractivity contribution < 1.29 is 9.53 Å². The van der Waals surface area contributed by atoms with Gasteiger partial charge in [-0.15, -0.1) is 0 Å². The van der Waals surface area contributed by atoms with Crippen molar-refractivity contribution in [3.8, 4) is 0 Å². The summed E-state index contributed by atoms with van der Waals surface area (Å²) in [5.41, 5.74) is 6.80. The number of carbonyl (C=O) groups is 1. The number of carbonyl (C=O) groups excluding carboxylic acids is 1. The number of hydrogen-bond acceptors (Lipinski definition) is 4. The first-order valence-electron chi connectivity index (χ1n) is 6.80. The van der Waals surface area contributed by atoms with Gasteiger partial charge in [0.15, 0.2) is 0 Å². The molecule has 1 aliphatic heterocycles. The summed E-state index contributed by atoms with van der Waals surface area (Å²) in [6.45, 7) is 4.16. The van der Waals surface area contributed by atoms with E-state index in [9.17, 15) is 4.79 Å². The van der Waals surface area contributed by atoms with Crippen LogP contribution < -0.4 is 11.1 Å². The fraction of sp³-hybridized carbons (Fsp3) is 0.500. The summed E-state index contributed by atoms with van der Waals surface area (Å²) in [6.07, 6.45) is 1.46. The Balaban J connectivity index is 1.79. The first-order valence-corrected chi connectivity index (χ1v) is 7.18. The van der Waals surface area contributed by atoms with Crippen LogP contribution in [0.3, 0.4) is 0 Å². The molecule has 0 bridgehead atoms. The molecule has 2 rings (SSSR count). The lowest BCUT2D eigenvalue weighted by Crippen LogP contribution is -2.30. The van der Waals surface area contributed by atoms with Crippen LogP contribution in [0.2, 0.25) is 5.02 Å². The fourth-order valence-electron chi connectivity index (χ4n) is 2.13. The van der Waals surface area contributed by atoms with E-state index in [1.807, 2.05) is 0 Å². The number of anilines is 2. The summed E-state index contributed by atoms with van der Waals surface area (Å²) in [5, 5.41) is 3.27. The first kappa shape index (κ1) is 15.1. The van der Waals surface area contributed by atoms with E-state index < -0.39 is 0 Å². The molecule has 1 aromatic rings. The van der Waals surface area contributed by atoms with E-state index in [2.05, 4.69) is 10.2 Å². The zero-order chi connectivity index (χ0) is 14.4. The van der Waals surface area contributed by atoms with Crippen LogP contribution in [-0.4, -0.2) is 43.7 Å². The van der Waals surface area contributed by atoms with E-state index in [0.29, 0.717) is 22.8 Å². The highest BCUT2D eigenvalue weighted by molar-refractivity contribution is 6.34. The first-order chi connectivity index (χ1) is 9.65. The third-order valence-electron chi connectivity index (χ3n) is 3.24. The van der Waals surface area contributed by atoms with Gasteiger partial charge in [-0.1, -0.05) is 11.6 Å². The molecule has 6 heteroatoms. The number of nitrogens with one attached hydrogen (secondary N) is 1. The van der Waals surface area contributed by atoms with Crippen LogP contribution in [0, 0.1) is 0 Å². The average Bonchev–Trinajstić information content (AvgIpc) is 2.68. The number of ether oxygens (including phenoxy) is 1. The van der Waals surface area contributed by atoms with E-state index in [0.717, 1.165) is 39.3 Å². The Kier molecular flexibility index (Phi) is 5.64. The van der Waals surface area contributed by atoms with Gasteiger partial charge in [0.25, 0.3) is 0 Å². The van der Waals surface area contributed by atoms with Crippen LogP contribution in [0.15, 0.2) is 18.2 Å². The van der Waals surface area contributed by atoms with Gasteiger partial charge < -0.3 is 20.7 Å². The fourth-order valence-corrected chi connectivity index (χ4v) is 2.36. The molecule has 1 aromatic carbocycles. The van der Waals surface area contributed by atoms with Crippen LogP contribution in [0.25, 0.3) is 0 Å². The Bertz CT molecular complexity index is 460. The minimum Gasteiger partial charge on any atom is -0.399 e. The summed E-state index contributed by atoms with van der Waals surface area (Å²) in [5.74, 6) is -0.0400. The molecule has 0 saturated carbocycles. The molecule has 3 N–H and O–H groups in total. The summed E-state index contributed by atoms with van der Waals surface area (Å²) in [7, 11) is 0. The quantitative estimate of drug-likeness (QED) is 0.834. The number of halogens is 1. The Morgan fingerprint density at radius 3 is 3.05 bits per heavy atom. The minimum atomic E-state index is -0.0400. The molecule has 1 saturated heterocycles. The van der Waals surface area contributed by atoms with Gasteiger partial charge in [-0.3, -0.25) is 4.79 Å². The molecule has 0 unspecified atom stereocenters. The van der Waals surface area contributed by atoms with E-state index in [1.165, 1.54) is 0 Å². The van der Waals surface area contributed by atoms with Crippen molar-refractivity contribution in [3.63, 3.8) is 0 Å². The normalized spacial score (nSPS) is 16.6. The molecule has 1 aliphatic rings. The van der Waals surface area contributed by atoms with Crippen molar-refractivity contribution >= 4 is 28.9 Å². The highest BCUT2D eigenvalue weighted by Gasteiger charge is 2.12. The van der Waals surface area contributed by atoms with Crippen LogP contribution in [0.5, 0.6) is 0 Å². The van der Waals surface area contributed by atoms with Crippen molar-refractivity contribution in [2.75, 3.05) is 43.9 Å². The van der Waals surface area contributed by atoms with Gasteiger partial charge in [0.1, 0.15) is 0 Å². The van der Waals surface area contributed by atoms with E-state index >= 15 is 0 Å². The number of nitrogens with two attached hydrogens (primary N) is 1. The molecule has 110 valence electrons. The van der Waals surface area contributed by atoms with Gasteiger partial charge in [0.05, 0.1) is 17.3 Å². The monoisotopic (exact) mass is 297 g/mol. The average molecular weight is 298 g/mol. The molecule has 0 radical (unpaired) electrons. The lowest BCUT2D eigenvalue weighted by molar-refractivity contribution is -0.116. The zero-order valence-electron chi connectivity index (χ0n) is 11.4. The maximum atomic E-state index is 11.9. The number of hydrogen-bond donors (Lipinski definition) is 2. The van der Waals surface area contributed by atoms with Crippen LogP contribution >= 0.6 is 11.6 Å². The van der Waals surface area contributed by atoms with Crippen LogP contribution in [-0.2, 0) is 9.53 Å². The maximum Gasteiger partial charge on any atom is 0.225 e. The zero-order valence-corrected chi connectivity index (χ0v) is 12.2. The largest absolute Gasteiger partial charge is 0.399 e. The SMILES string of the molecule is Nc1ccc(NC(=O)CCN2CCCOCC2)c(Cl)c1. The minimum absolute atomic E-state index is 0.0400. The molecule has 1 heterocycles. The van der Waals surface area contributed by atoms with Crippen molar-refractivity contribution in [1.29, 1.82) is 0 Å². The predicted molar refractivity (Wildman–Crippen MR) is 81.0 cm³/mol. The number of rotatable bonds is 4. The number of nitrogen functional groups attached to an aromatic ring is 1. The Morgan fingerprint density at radius 2 is 2.25 bits per heavy atom. The molecule has 1 fully saturated rings. The van der Waals surface area contributed by atoms with Crippen molar-refractivity contribution in [1.82, 2.24) is 4.90 Å². The van der Waals surface area contributed by atoms with Gasteiger partial charge in [-0.2, -0.15) is 0 Å². The lowest BCUT2D eigenvalue weighted by Gasteiger charge is -2.18. The number of nitrogens with zero attached hydrogens (tertiary/aromatic N) is 1. The van der Waals surface area contributed by atoms with E-state index in [-0.39, 0.29) is 5.91 Å². The molecule has 0 spiro atoms. The summed E-state index contributed by atoms with van der Waals surface area (Å²) in [6, 6.07) is 5.06. The van der Waals surface area contributed by atoms with E-state index in [4.69, 9.17) is 22.1 Å². The molecule has 5 nitrogen and oxygen atoms in total. The molecule has 20 heavy (non-hydrogen) atoms. The number of amides is 1. The summed E-state index contributed by atoms with van der Waals surface area (Å²) < 4.78 is 5.38. The van der Waals surface area contributed by atoms with Crippen molar-refractivity contribution in [3.05, 3.63) is 23.2 Å². The van der Waals surface area contributed by atoms with Gasteiger partial charge >= 0.3 is 0 Å². The topological polar surface area (TPSA) is 67.6 Å². The third kappa shape index (κ3) is 4.67. The number of benzene rings is 1. The van der Waals surface area contributed by atoms with Gasteiger partial charge in [0.2, 0.25) is 5.91 Å². The van der Waals surface area contributed by atoms with Crippen molar-refractivity contribution in [2.24, 2.45) is 0 Å². The predicted octanol–water partition coefficient (Wildman–Crippen LogP) is 1.97. The second-order valence-corrected chi connectivity index (χ2v) is 5.25. The van der Waals surface area contributed by atoms with Gasteiger partial charge in [-0.25, -0.2) is 0 Å². The third-order valence-corrected chi connectivity index (χ3v) is 3.55. The molecule has 0 atom stereocenters. The standard InChI is InChI=1S/C14H20ClN3O2/c15-12-10-11(16)2-3-13(12)17-14(19)4-6-18-5-1-8-20-9-7-18/h2-3,10H,1,4-9,16H2,(H,17,19). The summed E-state index contributed by atoms with van der Waals surface area (Å²) >= 11 is 6.02. The molecule has 0 aliphatic carbocycles. The van der Waals surface area contributed by atoms with Crippen LogP contribution in [0.4, 0.5) is 11.4 Å². The summed E-state index contributed by atoms with van der Waals surface area (Å²) in [4.78, 5) is 14.2. The Hall–Kier alpha value is -1.30. The highest BCUT2D eigenvalue weighted by atomic mass is 35.5. The Labute approximate surface area is 124 Å². The van der Waals surface area contributed by atoms with Gasteiger partial charge in [0, 0.05) is 38.3 Å². The molecule has 1 amide bonds. The van der Waals surface area contributed by atoms with Gasteiger partial charge in [-0.05, 0) is 24.6 Å². The maximum absolute atomic E-state index is 11.9. The lowest BCUT2D eigenvalue weighted by atomic mass is 10.2. The molecular formula is C14H20ClN3O2. The highest BCUT2D eigenvalue weighted by Crippen LogP contribution is 2.24. The second kappa shape index (κ2) is 7.47. The Morgan fingerprint density at radius 1 is 1.40 bits per heavy atom. The van der Waals surface area contributed by atoms with Crippen LogP contribution in [0.1, 0.15) is 12.8 Å². The smallest absolute Gasteiger partial charge is 0.225 e.